The summed E-state index contributed by atoms with van der Waals surface area (Å²) in [5.74, 6) is 1.46. The molecule has 0 aliphatic carbocycles. The van der Waals surface area contributed by atoms with Gasteiger partial charge in [-0.25, -0.2) is 0 Å². The second kappa shape index (κ2) is 4.00. The Morgan fingerprint density at radius 2 is 2.20 bits per heavy atom. The molecule has 1 aromatic rings. The van der Waals surface area contributed by atoms with Crippen LogP contribution in [0.4, 0.5) is 10.8 Å². The molecule has 0 amide bonds. The Bertz CT molecular complexity index is 348. The van der Waals surface area contributed by atoms with E-state index in [1.165, 1.54) is 29.4 Å². The molecule has 0 saturated carbocycles. The Labute approximate surface area is 95.4 Å². The zero-order valence-electron chi connectivity index (χ0n) is 9.66. The van der Waals surface area contributed by atoms with Crippen LogP contribution in [-0.2, 0) is 0 Å². The summed E-state index contributed by atoms with van der Waals surface area (Å²) in [6, 6.07) is 0.609. The first kappa shape index (κ1) is 10.7. The SMILES string of the molecule is Cc1c(N)nsc1N1CCCC(C)C1C. The number of anilines is 2. The number of aromatic nitrogens is 1. The van der Waals surface area contributed by atoms with E-state index in [1.54, 1.807) is 0 Å². The minimum Gasteiger partial charge on any atom is -0.383 e. The first-order chi connectivity index (χ1) is 7.11. The molecule has 1 aliphatic rings. The Hall–Kier alpha value is -0.770. The van der Waals surface area contributed by atoms with Gasteiger partial charge in [0.1, 0.15) is 10.8 Å². The third-order valence-electron chi connectivity index (χ3n) is 3.57. The van der Waals surface area contributed by atoms with E-state index in [4.69, 9.17) is 5.73 Å². The van der Waals surface area contributed by atoms with Gasteiger partial charge in [0.15, 0.2) is 0 Å². The first-order valence-corrected chi connectivity index (χ1v) is 6.37. The Kier molecular flexibility index (Phi) is 2.87. The molecule has 15 heavy (non-hydrogen) atoms. The highest BCUT2D eigenvalue weighted by molar-refractivity contribution is 7.10. The lowest BCUT2D eigenvalue weighted by atomic mass is 9.92. The summed E-state index contributed by atoms with van der Waals surface area (Å²) in [5.41, 5.74) is 6.95. The zero-order valence-corrected chi connectivity index (χ0v) is 10.5. The first-order valence-electron chi connectivity index (χ1n) is 5.59. The second-order valence-corrected chi connectivity index (χ2v) is 5.30. The molecule has 0 aromatic carbocycles. The predicted octanol–water partition coefficient (Wildman–Crippen LogP) is 2.66. The van der Waals surface area contributed by atoms with Crippen LogP contribution in [0.25, 0.3) is 0 Å². The normalized spacial score (nSPS) is 27.0. The molecule has 84 valence electrons. The topological polar surface area (TPSA) is 42.1 Å². The highest BCUT2D eigenvalue weighted by Crippen LogP contribution is 2.35. The lowest BCUT2D eigenvalue weighted by molar-refractivity contribution is 0.365. The van der Waals surface area contributed by atoms with Crippen LogP contribution in [0.5, 0.6) is 0 Å². The van der Waals surface area contributed by atoms with E-state index in [0.29, 0.717) is 11.9 Å². The average Bonchev–Trinajstić information content (AvgIpc) is 2.53. The van der Waals surface area contributed by atoms with Crippen LogP contribution in [0.3, 0.4) is 0 Å². The molecule has 0 radical (unpaired) electrons. The number of hydrogen-bond donors (Lipinski definition) is 1. The molecule has 2 rings (SSSR count). The van der Waals surface area contributed by atoms with Crippen LogP contribution in [-0.4, -0.2) is 17.0 Å². The Morgan fingerprint density at radius 1 is 1.47 bits per heavy atom. The van der Waals surface area contributed by atoms with Gasteiger partial charge in [-0.05, 0) is 44.1 Å². The molecular formula is C11H19N3S. The monoisotopic (exact) mass is 225 g/mol. The van der Waals surface area contributed by atoms with Crippen molar-refractivity contribution >= 4 is 22.4 Å². The van der Waals surface area contributed by atoms with E-state index < -0.39 is 0 Å². The minimum atomic E-state index is 0.609. The fourth-order valence-electron chi connectivity index (χ4n) is 2.23. The van der Waals surface area contributed by atoms with E-state index in [-0.39, 0.29) is 0 Å². The molecule has 1 aliphatic heterocycles. The number of hydrogen-bond acceptors (Lipinski definition) is 4. The maximum absolute atomic E-state index is 5.80. The molecule has 2 N–H and O–H groups in total. The van der Waals surface area contributed by atoms with Crippen LogP contribution < -0.4 is 10.6 Å². The van der Waals surface area contributed by atoms with Gasteiger partial charge < -0.3 is 10.6 Å². The highest BCUT2D eigenvalue weighted by atomic mass is 32.1. The van der Waals surface area contributed by atoms with Crippen LogP contribution in [0.2, 0.25) is 0 Å². The number of rotatable bonds is 1. The van der Waals surface area contributed by atoms with Gasteiger partial charge in [0.2, 0.25) is 0 Å². The second-order valence-electron chi connectivity index (χ2n) is 4.55. The van der Waals surface area contributed by atoms with Gasteiger partial charge in [-0.3, -0.25) is 0 Å². The number of nitrogen functional groups attached to an aromatic ring is 1. The Morgan fingerprint density at radius 3 is 2.80 bits per heavy atom. The molecule has 1 fully saturated rings. The lowest BCUT2D eigenvalue weighted by Gasteiger charge is -2.38. The summed E-state index contributed by atoms with van der Waals surface area (Å²) < 4.78 is 4.23. The predicted molar refractivity (Wildman–Crippen MR) is 66.5 cm³/mol. The van der Waals surface area contributed by atoms with Gasteiger partial charge in [-0.15, -0.1) is 0 Å². The van der Waals surface area contributed by atoms with Crippen molar-refractivity contribution in [3.8, 4) is 0 Å². The van der Waals surface area contributed by atoms with Crippen molar-refractivity contribution in [1.82, 2.24) is 4.37 Å². The van der Waals surface area contributed by atoms with Gasteiger partial charge >= 0.3 is 0 Å². The van der Waals surface area contributed by atoms with Crippen molar-refractivity contribution in [3.05, 3.63) is 5.56 Å². The third kappa shape index (κ3) is 1.83. The van der Waals surface area contributed by atoms with Crippen LogP contribution >= 0.6 is 11.5 Å². The molecule has 2 atom stereocenters. The number of piperidine rings is 1. The maximum Gasteiger partial charge on any atom is 0.142 e. The summed E-state index contributed by atoms with van der Waals surface area (Å²) >= 11 is 1.54. The van der Waals surface area contributed by atoms with E-state index in [2.05, 4.69) is 30.0 Å². The summed E-state index contributed by atoms with van der Waals surface area (Å²) in [6.07, 6.45) is 2.62. The minimum absolute atomic E-state index is 0.609. The van der Waals surface area contributed by atoms with Crippen molar-refractivity contribution in [2.75, 3.05) is 17.2 Å². The molecular weight excluding hydrogens is 206 g/mol. The lowest BCUT2D eigenvalue weighted by Crippen LogP contribution is -2.42. The van der Waals surface area contributed by atoms with Crippen molar-refractivity contribution in [1.29, 1.82) is 0 Å². The van der Waals surface area contributed by atoms with Crippen molar-refractivity contribution in [3.63, 3.8) is 0 Å². The summed E-state index contributed by atoms with van der Waals surface area (Å²) in [4.78, 5) is 2.47. The van der Waals surface area contributed by atoms with Crippen LogP contribution in [0, 0.1) is 12.8 Å². The molecule has 2 heterocycles. The van der Waals surface area contributed by atoms with Crippen molar-refractivity contribution < 1.29 is 0 Å². The summed E-state index contributed by atoms with van der Waals surface area (Å²) in [5, 5.41) is 1.27. The van der Waals surface area contributed by atoms with Crippen molar-refractivity contribution in [2.45, 2.75) is 39.7 Å². The van der Waals surface area contributed by atoms with Gasteiger partial charge in [0.05, 0.1) is 0 Å². The molecule has 4 heteroatoms. The van der Waals surface area contributed by atoms with Gasteiger partial charge in [0, 0.05) is 18.2 Å². The molecule has 1 saturated heterocycles. The molecule has 2 unspecified atom stereocenters. The zero-order chi connectivity index (χ0) is 11.0. The fraction of sp³-hybridized carbons (Fsp3) is 0.727. The smallest absolute Gasteiger partial charge is 0.142 e. The van der Waals surface area contributed by atoms with Gasteiger partial charge in [-0.1, -0.05) is 6.92 Å². The van der Waals surface area contributed by atoms with E-state index in [1.807, 2.05) is 0 Å². The molecule has 1 aromatic heterocycles. The fourth-order valence-corrected chi connectivity index (χ4v) is 3.15. The average molecular weight is 225 g/mol. The van der Waals surface area contributed by atoms with Crippen molar-refractivity contribution in [2.24, 2.45) is 5.92 Å². The van der Waals surface area contributed by atoms with E-state index in [9.17, 15) is 0 Å². The van der Waals surface area contributed by atoms with E-state index >= 15 is 0 Å². The van der Waals surface area contributed by atoms with Gasteiger partial charge in [-0.2, -0.15) is 4.37 Å². The quantitative estimate of drug-likeness (QED) is 0.799. The third-order valence-corrected chi connectivity index (χ3v) is 4.57. The summed E-state index contributed by atoms with van der Waals surface area (Å²) in [6.45, 7) is 7.85. The number of nitrogens with zero attached hydrogens (tertiary/aromatic N) is 2. The molecule has 0 bridgehead atoms. The largest absolute Gasteiger partial charge is 0.383 e. The molecule has 0 spiro atoms. The van der Waals surface area contributed by atoms with Gasteiger partial charge in [0.25, 0.3) is 0 Å². The van der Waals surface area contributed by atoms with E-state index in [0.717, 1.165) is 18.0 Å². The molecule has 3 nitrogen and oxygen atoms in total. The van der Waals surface area contributed by atoms with Crippen LogP contribution in [0.1, 0.15) is 32.3 Å². The summed E-state index contributed by atoms with van der Waals surface area (Å²) in [7, 11) is 0. The van der Waals surface area contributed by atoms with Crippen LogP contribution in [0.15, 0.2) is 0 Å². The Balaban J connectivity index is 2.26. The standard InChI is InChI=1S/C11H19N3S/c1-7-5-4-6-14(9(7)3)11-8(2)10(12)13-15-11/h7,9H,4-6H2,1-3H3,(H2,12,13). The highest BCUT2D eigenvalue weighted by Gasteiger charge is 2.27. The number of nitrogens with two attached hydrogens (primary N) is 1. The maximum atomic E-state index is 5.80.